The lowest BCUT2D eigenvalue weighted by molar-refractivity contribution is -0.125. The Hall–Kier alpha value is -0.810. The van der Waals surface area contributed by atoms with Crippen molar-refractivity contribution in [2.24, 2.45) is 5.92 Å². The molecule has 2 aliphatic rings. The first kappa shape index (κ1) is 10.7. The molecule has 1 saturated carbocycles. The Bertz CT molecular complexity index is 287. The molecule has 0 radical (unpaired) electrons. The molecular weight excluding hydrogens is 218 g/mol. The first-order chi connectivity index (χ1) is 7.16. The number of halogens is 1. The summed E-state index contributed by atoms with van der Waals surface area (Å²) < 4.78 is 0. The Labute approximate surface area is 93.0 Å². The van der Waals surface area contributed by atoms with Crippen molar-refractivity contribution in [2.45, 2.75) is 31.2 Å². The van der Waals surface area contributed by atoms with Gasteiger partial charge in [-0.3, -0.25) is 10.1 Å². The van der Waals surface area contributed by atoms with Crippen molar-refractivity contribution in [1.29, 1.82) is 0 Å². The van der Waals surface area contributed by atoms with E-state index < -0.39 is 5.54 Å². The van der Waals surface area contributed by atoms with E-state index in [9.17, 15) is 9.59 Å². The van der Waals surface area contributed by atoms with Gasteiger partial charge in [0, 0.05) is 6.54 Å². The second kappa shape index (κ2) is 3.98. The number of carbonyl (C=O) groups is 2. The summed E-state index contributed by atoms with van der Waals surface area (Å²) in [6.07, 6.45) is 3.22. The van der Waals surface area contributed by atoms with Crippen LogP contribution in [0.5, 0.6) is 0 Å². The molecule has 3 N–H and O–H groups in total. The van der Waals surface area contributed by atoms with Gasteiger partial charge in [0.25, 0.3) is 5.91 Å². The van der Waals surface area contributed by atoms with Crippen molar-refractivity contribution in [3.05, 3.63) is 0 Å². The van der Waals surface area contributed by atoms with Crippen LogP contribution in [0.2, 0.25) is 0 Å². The highest BCUT2D eigenvalue weighted by Crippen LogP contribution is 2.33. The molecule has 1 heterocycles. The molecule has 1 aliphatic heterocycles. The van der Waals surface area contributed by atoms with Crippen molar-refractivity contribution in [3.63, 3.8) is 0 Å². The Kier molecular flexibility index (Phi) is 2.84. The average molecular weight is 232 g/mol. The summed E-state index contributed by atoms with van der Waals surface area (Å²) >= 11 is 5.44. The minimum Gasteiger partial charge on any atom is -0.323 e. The number of urea groups is 1. The van der Waals surface area contributed by atoms with Crippen LogP contribution in [0, 0.1) is 5.92 Å². The van der Waals surface area contributed by atoms with E-state index >= 15 is 0 Å². The molecule has 0 bridgehead atoms. The van der Waals surface area contributed by atoms with Gasteiger partial charge in [0.1, 0.15) is 5.54 Å². The van der Waals surface area contributed by atoms with Gasteiger partial charge in [0.2, 0.25) is 0 Å². The summed E-state index contributed by atoms with van der Waals surface area (Å²) in [4.78, 5) is 25.3. The van der Waals surface area contributed by atoms with Crippen LogP contribution in [-0.4, -0.2) is 24.0 Å². The number of amides is 3. The minimum atomic E-state index is -0.639. The summed E-state index contributed by atoms with van der Waals surface area (Å²) in [7, 11) is 0. The van der Waals surface area contributed by atoms with Gasteiger partial charge in [-0.05, 0) is 43.4 Å². The lowest BCUT2D eigenvalue weighted by Crippen LogP contribution is -2.49. The maximum Gasteiger partial charge on any atom is 0.322 e. The lowest BCUT2D eigenvalue weighted by Gasteiger charge is -2.34. The van der Waals surface area contributed by atoms with E-state index in [1.807, 2.05) is 0 Å². The van der Waals surface area contributed by atoms with Crippen LogP contribution >= 0.6 is 11.8 Å². The number of nitrogens with one attached hydrogen (secondary N) is 3. The molecule has 1 aliphatic carbocycles. The summed E-state index contributed by atoms with van der Waals surface area (Å²) in [6, 6.07) is -0.367. The largest absolute Gasteiger partial charge is 0.323 e. The van der Waals surface area contributed by atoms with Crippen LogP contribution < -0.4 is 15.5 Å². The van der Waals surface area contributed by atoms with Gasteiger partial charge >= 0.3 is 6.03 Å². The molecule has 84 valence electrons. The number of imide groups is 1. The first-order valence-corrected chi connectivity index (χ1v) is 5.51. The predicted molar refractivity (Wildman–Crippen MR) is 55.2 cm³/mol. The van der Waals surface area contributed by atoms with Crippen molar-refractivity contribution in [3.8, 4) is 0 Å². The van der Waals surface area contributed by atoms with E-state index in [0.29, 0.717) is 18.8 Å². The van der Waals surface area contributed by atoms with Crippen LogP contribution in [0.4, 0.5) is 4.79 Å². The van der Waals surface area contributed by atoms with E-state index in [2.05, 4.69) is 15.5 Å². The molecular formula is C9H14ClN3O2. The number of hydrogen-bond acceptors (Lipinski definition) is 3. The Balaban J connectivity index is 1.97. The minimum absolute atomic E-state index is 0.176. The summed E-state index contributed by atoms with van der Waals surface area (Å²) in [5, 5.41) is 5.02. The Morgan fingerprint density at radius 1 is 1.40 bits per heavy atom. The average Bonchev–Trinajstić information content (AvgIpc) is 2.47. The highest BCUT2D eigenvalue weighted by molar-refractivity contribution is 6.13. The van der Waals surface area contributed by atoms with E-state index in [0.717, 1.165) is 19.4 Å². The Morgan fingerprint density at radius 2 is 2.07 bits per heavy atom. The molecule has 0 unspecified atom stereocenters. The van der Waals surface area contributed by atoms with E-state index in [-0.39, 0.29) is 11.9 Å². The molecule has 0 atom stereocenters. The third-order valence-electron chi connectivity index (χ3n) is 3.34. The highest BCUT2D eigenvalue weighted by atomic mass is 35.5. The van der Waals surface area contributed by atoms with Gasteiger partial charge in [-0.25, -0.2) is 9.63 Å². The fraction of sp³-hybridized carbons (Fsp3) is 0.778. The molecule has 3 amide bonds. The van der Waals surface area contributed by atoms with Gasteiger partial charge in [0.05, 0.1) is 0 Å². The zero-order valence-corrected chi connectivity index (χ0v) is 9.06. The summed E-state index contributed by atoms with van der Waals surface area (Å²) in [5.41, 5.74) is -0.639. The Morgan fingerprint density at radius 3 is 2.53 bits per heavy atom. The molecule has 0 aromatic rings. The molecule has 15 heavy (non-hydrogen) atoms. The molecule has 6 heteroatoms. The van der Waals surface area contributed by atoms with Crippen molar-refractivity contribution >= 4 is 23.7 Å². The van der Waals surface area contributed by atoms with E-state index in [4.69, 9.17) is 11.8 Å². The van der Waals surface area contributed by atoms with Gasteiger partial charge in [-0.2, -0.15) is 0 Å². The predicted octanol–water partition coefficient (Wildman–Crippen LogP) is 0.498. The second-order valence-corrected chi connectivity index (χ2v) is 4.54. The fourth-order valence-corrected chi connectivity index (χ4v) is 2.58. The van der Waals surface area contributed by atoms with Gasteiger partial charge in [0.15, 0.2) is 0 Å². The quantitative estimate of drug-likeness (QED) is 0.479. The third kappa shape index (κ3) is 1.94. The smallest absolute Gasteiger partial charge is 0.322 e. The highest BCUT2D eigenvalue weighted by Gasteiger charge is 2.47. The van der Waals surface area contributed by atoms with Crippen LogP contribution in [0.3, 0.4) is 0 Å². The van der Waals surface area contributed by atoms with Gasteiger partial charge in [-0.15, -0.1) is 0 Å². The zero-order valence-electron chi connectivity index (χ0n) is 8.31. The lowest BCUT2D eigenvalue weighted by atomic mass is 9.76. The van der Waals surface area contributed by atoms with Crippen LogP contribution in [0.1, 0.15) is 25.7 Å². The molecule has 2 rings (SSSR count). The van der Waals surface area contributed by atoms with E-state index in [1.54, 1.807) is 0 Å². The molecule has 2 fully saturated rings. The SMILES string of the molecule is O=C1NC(=O)C2(CCC(CNCl)CC2)N1. The third-order valence-corrected chi connectivity index (χ3v) is 3.49. The number of hydrogen-bond donors (Lipinski definition) is 3. The zero-order chi connectivity index (χ0) is 10.9. The van der Waals surface area contributed by atoms with Crippen LogP contribution in [-0.2, 0) is 4.79 Å². The second-order valence-electron chi connectivity index (χ2n) is 4.27. The fourth-order valence-electron chi connectivity index (χ4n) is 2.36. The first-order valence-electron chi connectivity index (χ1n) is 5.13. The summed E-state index contributed by atoms with van der Waals surface area (Å²) in [5.74, 6) is 0.322. The van der Waals surface area contributed by atoms with Crippen molar-refractivity contribution in [1.82, 2.24) is 15.5 Å². The van der Waals surface area contributed by atoms with Crippen molar-refractivity contribution in [2.75, 3.05) is 6.54 Å². The maximum atomic E-state index is 11.6. The molecule has 1 spiro atoms. The van der Waals surface area contributed by atoms with Gasteiger partial charge in [-0.1, -0.05) is 0 Å². The number of rotatable bonds is 2. The maximum absolute atomic E-state index is 11.6. The molecule has 5 nitrogen and oxygen atoms in total. The number of carbonyl (C=O) groups excluding carboxylic acids is 2. The molecule has 0 aromatic heterocycles. The van der Waals surface area contributed by atoms with Crippen LogP contribution in [0.25, 0.3) is 0 Å². The van der Waals surface area contributed by atoms with Crippen LogP contribution in [0.15, 0.2) is 0 Å². The monoisotopic (exact) mass is 231 g/mol. The van der Waals surface area contributed by atoms with E-state index in [1.165, 1.54) is 0 Å². The molecule has 1 saturated heterocycles. The standard InChI is InChI=1S/C9H14ClN3O2/c10-11-5-6-1-3-9(4-2-6)7(14)12-8(15)13-9/h6,11H,1-5H2,(H2,12,13,14,15). The van der Waals surface area contributed by atoms with Crippen molar-refractivity contribution < 1.29 is 9.59 Å². The van der Waals surface area contributed by atoms with Gasteiger partial charge < -0.3 is 5.32 Å². The normalized spacial score (nSPS) is 35.4. The molecule has 0 aromatic carbocycles. The topological polar surface area (TPSA) is 70.2 Å². The summed E-state index contributed by atoms with van der Waals surface area (Å²) in [6.45, 7) is 0.757.